The molecule has 0 saturated carbocycles. The van der Waals surface area contributed by atoms with Gasteiger partial charge in [0, 0.05) is 36.7 Å². The Kier molecular flexibility index (Phi) is 5.16. The van der Waals surface area contributed by atoms with Crippen molar-refractivity contribution in [1.82, 2.24) is 15.0 Å². The Labute approximate surface area is 217 Å². The molecule has 0 aliphatic heterocycles. The smallest absolute Gasteiger partial charge is 0.164 e. The van der Waals surface area contributed by atoms with Crippen molar-refractivity contribution in [2.24, 2.45) is 0 Å². The highest BCUT2D eigenvalue weighted by Crippen LogP contribution is 2.42. The van der Waals surface area contributed by atoms with Gasteiger partial charge in [0.2, 0.25) is 0 Å². The molecular formula is C31H20ClN3S. The molecule has 2 aromatic heterocycles. The Balaban J connectivity index is 1.54. The lowest BCUT2D eigenvalue weighted by Crippen LogP contribution is -2.07. The number of rotatable bonds is 3. The maximum atomic E-state index is 6.46. The van der Waals surface area contributed by atoms with Crippen LogP contribution in [0.1, 0.15) is 12.2 Å². The van der Waals surface area contributed by atoms with E-state index in [9.17, 15) is 0 Å². The molecule has 1 atom stereocenters. The average molecular weight is 502 g/mol. The van der Waals surface area contributed by atoms with Crippen LogP contribution in [0, 0.1) is 0 Å². The van der Waals surface area contributed by atoms with Crippen LogP contribution in [0.2, 0.25) is 0 Å². The van der Waals surface area contributed by atoms with Crippen molar-refractivity contribution >= 4 is 59.5 Å². The molecule has 1 aliphatic carbocycles. The lowest BCUT2D eigenvalue weighted by molar-refractivity contribution is 0.982. The Morgan fingerprint density at radius 3 is 2.22 bits per heavy atom. The third kappa shape index (κ3) is 3.62. The quantitative estimate of drug-likeness (QED) is 0.228. The minimum Gasteiger partial charge on any atom is -0.209 e. The van der Waals surface area contributed by atoms with Crippen molar-refractivity contribution in [3.8, 4) is 22.8 Å². The third-order valence-electron chi connectivity index (χ3n) is 6.61. The third-order valence-corrected chi connectivity index (χ3v) is 8.13. The highest BCUT2D eigenvalue weighted by atomic mass is 35.5. The fourth-order valence-electron chi connectivity index (χ4n) is 4.89. The van der Waals surface area contributed by atoms with Crippen LogP contribution in [0.25, 0.3) is 59.3 Å². The Morgan fingerprint density at radius 1 is 0.694 bits per heavy atom. The number of thiophene rings is 1. The van der Waals surface area contributed by atoms with E-state index < -0.39 is 0 Å². The summed E-state index contributed by atoms with van der Waals surface area (Å²) < 4.78 is 2.57. The van der Waals surface area contributed by atoms with E-state index in [4.69, 9.17) is 26.6 Å². The topological polar surface area (TPSA) is 38.7 Å². The Hall–Kier alpha value is -3.86. The van der Waals surface area contributed by atoms with Crippen LogP contribution in [-0.2, 0) is 0 Å². The number of fused-ring (bicyclic) bond motifs is 5. The first-order chi connectivity index (χ1) is 17.7. The van der Waals surface area contributed by atoms with E-state index in [1.807, 2.05) is 53.8 Å². The first-order valence-electron chi connectivity index (χ1n) is 11.9. The van der Waals surface area contributed by atoms with Crippen molar-refractivity contribution in [1.29, 1.82) is 0 Å². The zero-order chi connectivity index (χ0) is 24.1. The Bertz CT molecular complexity index is 1840. The predicted molar refractivity (Wildman–Crippen MR) is 152 cm³/mol. The lowest BCUT2D eigenvalue weighted by atomic mass is 9.99. The molecule has 0 spiro atoms. The van der Waals surface area contributed by atoms with Crippen molar-refractivity contribution in [2.45, 2.75) is 11.8 Å². The zero-order valence-electron chi connectivity index (χ0n) is 19.2. The maximum absolute atomic E-state index is 6.46. The fourth-order valence-corrected chi connectivity index (χ4v) is 6.36. The van der Waals surface area contributed by atoms with Gasteiger partial charge in [0.05, 0.1) is 5.38 Å². The van der Waals surface area contributed by atoms with Gasteiger partial charge in [-0.15, -0.1) is 22.9 Å². The van der Waals surface area contributed by atoms with Gasteiger partial charge in [-0.2, -0.15) is 0 Å². The SMILES string of the molecule is ClC1C=CC=C(c2nc(-c3ccccc3)nc(-c3cc4c5ccccc5sc4c4ccccc34)n2)C1. The average Bonchev–Trinajstić information content (AvgIpc) is 3.32. The first-order valence-corrected chi connectivity index (χ1v) is 13.2. The highest BCUT2D eigenvalue weighted by molar-refractivity contribution is 7.26. The molecule has 0 saturated heterocycles. The number of allylic oxidation sites excluding steroid dienone is 4. The van der Waals surface area contributed by atoms with Gasteiger partial charge in [0.25, 0.3) is 0 Å². The normalized spacial score (nSPS) is 15.6. The van der Waals surface area contributed by atoms with Gasteiger partial charge in [-0.3, -0.25) is 0 Å². The summed E-state index contributed by atoms with van der Waals surface area (Å²) in [6.45, 7) is 0. The summed E-state index contributed by atoms with van der Waals surface area (Å²) in [5, 5.41) is 4.77. The van der Waals surface area contributed by atoms with Crippen LogP contribution in [0.4, 0.5) is 0 Å². The standard InChI is InChI=1S/C31H20ClN3S/c32-21-12-8-11-20(17-21)30-33-29(19-9-2-1-3-10-19)34-31(35-30)26-18-25-23-14-6-7-16-27(23)36-28(25)24-15-5-4-13-22(24)26/h1-16,18,21H,17H2. The van der Waals surface area contributed by atoms with Gasteiger partial charge in [-0.05, 0) is 29.5 Å². The second-order valence-electron chi connectivity index (χ2n) is 8.91. The molecule has 6 aromatic rings. The van der Waals surface area contributed by atoms with Crippen molar-refractivity contribution in [2.75, 3.05) is 0 Å². The molecule has 0 bridgehead atoms. The maximum Gasteiger partial charge on any atom is 0.164 e. The number of aromatic nitrogens is 3. The molecule has 1 aliphatic rings. The van der Waals surface area contributed by atoms with Crippen LogP contribution in [0.15, 0.2) is 103 Å². The molecule has 172 valence electrons. The molecule has 0 radical (unpaired) electrons. The number of alkyl halides is 1. The Morgan fingerprint density at radius 2 is 1.39 bits per heavy atom. The van der Waals surface area contributed by atoms with E-state index in [1.54, 1.807) is 0 Å². The molecule has 36 heavy (non-hydrogen) atoms. The number of hydrogen-bond acceptors (Lipinski definition) is 4. The van der Waals surface area contributed by atoms with Gasteiger partial charge in [0.1, 0.15) is 0 Å². The van der Waals surface area contributed by atoms with Crippen LogP contribution in [-0.4, -0.2) is 20.3 Å². The van der Waals surface area contributed by atoms with E-state index in [0.29, 0.717) is 23.9 Å². The summed E-state index contributed by atoms with van der Waals surface area (Å²) in [6, 6.07) is 29.5. The molecule has 0 N–H and O–H groups in total. The highest BCUT2D eigenvalue weighted by Gasteiger charge is 2.19. The summed E-state index contributed by atoms with van der Waals surface area (Å²) in [5.41, 5.74) is 2.99. The van der Waals surface area contributed by atoms with E-state index in [-0.39, 0.29) is 5.38 Å². The summed E-state index contributed by atoms with van der Waals surface area (Å²) >= 11 is 8.30. The number of hydrogen-bond donors (Lipinski definition) is 0. The molecule has 0 fully saturated rings. The van der Waals surface area contributed by atoms with Gasteiger partial charge in [-0.25, -0.2) is 15.0 Å². The summed E-state index contributed by atoms with van der Waals surface area (Å²) in [6.07, 6.45) is 6.72. The van der Waals surface area contributed by atoms with E-state index >= 15 is 0 Å². The van der Waals surface area contributed by atoms with Crippen molar-refractivity contribution in [3.05, 3.63) is 109 Å². The van der Waals surface area contributed by atoms with Gasteiger partial charge < -0.3 is 0 Å². The van der Waals surface area contributed by atoms with Crippen LogP contribution >= 0.6 is 22.9 Å². The number of halogens is 1. The second-order valence-corrected chi connectivity index (χ2v) is 10.5. The molecule has 2 heterocycles. The van der Waals surface area contributed by atoms with Crippen LogP contribution in [0.3, 0.4) is 0 Å². The van der Waals surface area contributed by atoms with E-state index in [0.717, 1.165) is 22.1 Å². The molecular weight excluding hydrogens is 482 g/mol. The van der Waals surface area contributed by atoms with Crippen LogP contribution in [0.5, 0.6) is 0 Å². The van der Waals surface area contributed by atoms with Crippen molar-refractivity contribution in [3.63, 3.8) is 0 Å². The van der Waals surface area contributed by atoms with E-state index in [2.05, 4.69) is 60.7 Å². The molecule has 4 aromatic carbocycles. The van der Waals surface area contributed by atoms with E-state index in [1.165, 1.54) is 25.6 Å². The lowest BCUT2D eigenvalue weighted by Gasteiger charge is -2.15. The largest absolute Gasteiger partial charge is 0.209 e. The number of nitrogens with zero attached hydrogens (tertiary/aromatic N) is 3. The van der Waals surface area contributed by atoms with Crippen molar-refractivity contribution < 1.29 is 0 Å². The monoisotopic (exact) mass is 501 g/mol. The van der Waals surface area contributed by atoms with Gasteiger partial charge >= 0.3 is 0 Å². The second kappa shape index (κ2) is 8.66. The summed E-state index contributed by atoms with van der Waals surface area (Å²) in [5.74, 6) is 2.01. The van der Waals surface area contributed by atoms with Gasteiger partial charge in [0.15, 0.2) is 17.5 Å². The number of benzene rings is 4. The predicted octanol–water partition coefficient (Wildman–Crippen LogP) is 8.68. The molecule has 7 rings (SSSR count). The minimum absolute atomic E-state index is 0.0697. The van der Waals surface area contributed by atoms with Crippen LogP contribution < -0.4 is 0 Å². The first kappa shape index (κ1) is 21.4. The summed E-state index contributed by atoms with van der Waals surface area (Å²) in [7, 11) is 0. The molecule has 5 heteroatoms. The zero-order valence-corrected chi connectivity index (χ0v) is 20.8. The minimum atomic E-state index is -0.0697. The fraction of sp³-hybridized carbons (Fsp3) is 0.0645. The molecule has 3 nitrogen and oxygen atoms in total. The molecule has 1 unspecified atom stereocenters. The summed E-state index contributed by atoms with van der Waals surface area (Å²) in [4.78, 5) is 14.9. The molecule has 0 amide bonds. The van der Waals surface area contributed by atoms with Gasteiger partial charge in [-0.1, -0.05) is 91.0 Å².